The Hall–Kier alpha value is -4.52. The van der Waals surface area contributed by atoms with Crippen LogP contribution in [0, 0.1) is 5.82 Å². The molecule has 6 rings (SSSR count). The number of benzene rings is 4. The minimum atomic E-state index is -0.410. The Morgan fingerprint density at radius 2 is 1.53 bits per heavy atom. The van der Waals surface area contributed by atoms with E-state index < -0.39 is 5.82 Å². The quantitative estimate of drug-likeness (QED) is 0.369. The molecule has 0 N–H and O–H groups in total. The third-order valence-corrected chi connectivity index (χ3v) is 7.40. The van der Waals surface area contributed by atoms with Crippen LogP contribution in [0.15, 0.2) is 84.9 Å². The standard InChI is InChI=1S/C31H26FN3O3/c32-24-10-3-6-21(18-24)20-35-30(37)26-12-5-13-27(29(26)31(35)38)33-14-16-34(17-15-33)28(36)19-23-9-4-8-22-7-1-2-11-25(22)23/h1-13,18H,14-17,19-20H2. The van der Waals surface area contributed by atoms with Crippen LogP contribution in [0.25, 0.3) is 10.8 Å². The van der Waals surface area contributed by atoms with E-state index >= 15 is 0 Å². The minimum Gasteiger partial charge on any atom is -0.367 e. The number of fused-ring (bicyclic) bond motifs is 2. The number of piperazine rings is 1. The molecule has 3 amide bonds. The Morgan fingerprint density at radius 3 is 2.34 bits per heavy atom. The lowest BCUT2D eigenvalue weighted by Crippen LogP contribution is -2.49. The first-order valence-corrected chi connectivity index (χ1v) is 12.7. The van der Waals surface area contributed by atoms with Gasteiger partial charge in [-0.15, -0.1) is 0 Å². The van der Waals surface area contributed by atoms with Crippen molar-refractivity contribution in [2.24, 2.45) is 0 Å². The number of halogens is 1. The zero-order chi connectivity index (χ0) is 26.2. The molecule has 0 unspecified atom stereocenters. The van der Waals surface area contributed by atoms with Crippen LogP contribution in [0.3, 0.4) is 0 Å². The molecule has 1 saturated heterocycles. The van der Waals surface area contributed by atoms with Crippen molar-refractivity contribution in [2.75, 3.05) is 31.1 Å². The van der Waals surface area contributed by atoms with E-state index in [1.807, 2.05) is 53.4 Å². The molecule has 2 aliphatic rings. The summed E-state index contributed by atoms with van der Waals surface area (Å²) < 4.78 is 13.7. The lowest BCUT2D eigenvalue weighted by Gasteiger charge is -2.37. The molecule has 0 aliphatic carbocycles. The summed E-state index contributed by atoms with van der Waals surface area (Å²) in [6.07, 6.45) is 0.337. The summed E-state index contributed by atoms with van der Waals surface area (Å²) in [5.41, 5.74) is 3.00. The van der Waals surface area contributed by atoms with Crippen molar-refractivity contribution in [1.82, 2.24) is 9.80 Å². The first-order chi connectivity index (χ1) is 18.5. The van der Waals surface area contributed by atoms with Gasteiger partial charge in [0.2, 0.25) is 5.91 Å². The van der Waals surface area contributed by atoms with Crippen LogP contribution < -0.4 is 4.90 Å². The fraction of sp³-hybridized carbons (Fsp3) is 0.194. The maximum absolute atomic E-state index is 13.7. The van der Waals surface area contributed by atoms with Crippen molar-refractivity contribution in [1.29, 1.82) is 0 Å². The SMILES string of the molecule is O=C(Cc1cccc2ccccc12)N1CCN(c2cccc3c2C(=O)N(Cc2cccc(F)c2)C3=O)CC1. The van der Waals surface area contributed by atoms with Crippen LogP contribution in [-0.2, 0) is 17.8 Å². The van der Waals surface area contributed by atoms with E-state index in [0.717, 1.165) is 16.3 Å². The monoisotopic (exact) mass is 507 g/mol. The van der Waals surface area contributed by atoms with Gasteiger partial charge in [0.15, 0.2) is 0 Å². The lowest BCUT2D eigenvalue weighted by atomic mass is 10.0. The number of amides is 3. The molecule has 190 valence electrons. The van der Waals surface area contributed by atoms with E-state index in [0.29, 0.717) is 55.0 Å². The third kappa shape index (κ3) is 4.30. The van der Waals surface area contributed by atoms with Crippen molar-refractivity contribution < 1.29 is 18.8 Å². The number of anilines is 1. The first kappa shape index (κ1) is 23.9. The number of nitrogens with zero attached hydrogens (tertiary/aromatic N) is 3. The van der Waals surface area contributed by atoms with Crippen LogP contribution in [0.5, 0.6) is 0 Å². The van der Waals surface area contributed by atoms with Crippen LogP contribution >= 0.6 is 0 Å². The molecule has 0 bridgehead atoms. The second kappa shape index (κ2) is 9.74. The Bertz CT molecular complexity index is 1570. The van der Waals surface area contributed by atoms with Gasteiger partial charge in [-0.3, -0.25) is 19.3 Å². The number of carbonyl (C=O) groups excluding carboxylic acids is 3. The summed E-state index contributed by atoms with van der Waals surface area (Å²) >= 11 is 0. The van der Waals surface area contributed by atoms with Crippen LogP contribution in [0.2, 0.25) is 0 Å². The molecule has 2 aliphatic heterocycles. The molecule has 0 spiro atoms. The minimum absolute atomic E-state index is 0.0139. The Kier molecular flexibility index (Phi) is 6.12. The molecule has 0 atom stereocenters. The highest BCUT2D eigenvalue weighted by atomic mass is 19.1. The number of carbonyl (C=O) groups is 3. The summed E-state index contributed by atoms with van der Waals surface area (Å²) in [6.45, 7) is 2.19. The predicted octanol–water partition coefficient (Wildman–Crippen LogP) is 4.67. The summed E-state index contributed by atoms with van der Waals surface area (Å²) in [5.74, 6) is -1.08. The molecule has 0 radical (unpaired) electrons. The summed E-state index contributed by atoms with van der Waals surface area (Å²) in [5, 5.41) is 2.21. The Morgan fingerprint density at radius 1 is 0.789 bits per heavy atom. The predicted molar refractivity (Wildman–Crippen MR) is 143 cm³/mol. The van der Waals surface area contributed by atoms with Gasteiger partial charge in [-0.25, -0.2) is 4.39 Å². The highest BCUT2D eigenvalue weighted by Crippen LogP contribution is 2.33. The molecule has 38 heavy (non-hydrogen) atoms. The van der Waals surface area contributed by atoms with Crippen LogP contribution in [0.4, 0.5) is 10.1 Å². The van der Waals surface area contributed by atoms with Gasteiger partial charge in [0.05, 0.1) is 29.8 Å². The van der Waals surface area contributed by atoms with Crippen molar-refractivity contribution in [2.45, 2.75) is 13.0 Å². The van der Waals surface area contributed by atoms with Crippen molar-refractivity contribution in [3.8, 4) is 0 Å². The average molecular weight is 508 g/mol. The molecular weight excluding hydrogens is 481 g/mol. The van der Waals surface area contributed by atoms with Crippen LogP contribution in [0.1, 0.15) is 31.8 Å². The largest absolute Gasteiger partial charge is 0.367 e. The van der Waals surface area contributed by atoms with E-state index in [-0.39, 0.29) is 24.3 Å². The van der Waals surface area contributed by atoms with Gasteiger partial charge >= 0.3 is 0 Å². The van der Waals surface area contributed by atoms with E-state index in [1.54, 1.807) is 24.3 Å². The second-order valence-electron chi connectivity index (χ2n) is 9.71. The van der Waals surface area contributed by atoms with E-state index in [4.69, 9.17) is 0 Å². The molecule has 4 aromatic carbocycles. The maximum atomic E-state index is 13.7. The molecule has 2 heterocycles. The third-order valence-electron chi connectivity index (χ3n) is 7.40. The van der Waals surface area contributed by atoms with Crippen molar-refractivity contribution >= 4 is 34.2 Å². The zero-order valence-electron chi connectivity index (χ0n) is 20.8. The van der Waals surface area contributed by atoms with Gasteiger partial charge in [-0.1, -0.05) is 60.7 Å². The van der Waals surface area contributed by atoms with E-state index in [1.165, 1.54) is 17.0 Å². The average Bonchev–Trinajstić information content (AvgIpc) is 3.18. The highest BCUT2D eigenvalue weighted by molar-refractivity contribution is 6.23. The number of hydrogen-bond acceptors (Lipinski definition) is 4. The summed E-state index contributed by atoms with van der Waals surface area (Å²) in [7, 11) is 0. The van der Waals surface area contributed by atoms with Gasteiger partial charge in [-0.05, 0) is 46.2 Å². The number of hydrogen-bond donors (Lipinski definition) is 0. The molecule has 4 aromatic rings. The Balaban J connectivity index is 1.16. The summed E-state index contributed by atoms with van der Waals surface area (Å²) in [4.78, 5) is 44.7. The van der Waals surface area contributed by atoms with Gasteiger partial charge in [0.1, 0.15) is 5.82 Å². The van der Waals surface area contributed by atoms with Crippen molar-refractivity contribution in [3.63, 3.8) is 0 Å². The summed E-state index contributed by atoms with van der Waals surface area (Å²) in [6, 6.07) is 25.3. The molecule has 0 aromatic heterocycles. The molecular formula is C31H26FN3O3. The van der Waals surface area contributed by atoms with Gasteiger partial charge in [0, 0.05) is 26.2 Å². The highest BCUT2D eigenvalue weighted by Gasteiger charge is 2.39. The van der Waals surface area contributed by atoms with Crippen molar-refractivity contribution in [3.05, 3.63) is 113 Å². The lowest BCUT2D eigenvalue weighted by molar-refractivity contribution is -0.130. The van der Waals surface area contributed by atoms with E-state index in [2.05, 4.69) is 4.90 Å². The zero-order valence-corrected chi connectivity index (χ0v) is 20.8. The number of rotatable bonds is 5. The molecule has 7 heteroatoms. The van der Waals surface area contributed by atoms with Crippen LogP contribution in [-0.4, -0.2) is 53.7 Å². The van der Waals surface area contributed by atoms with Gasteiger partial charge in [-0.2, -0.15) is 0 Å². The maximum Gasteiger partial charge on any atom is 0.263 e. The normalized spacial score (nSPS) is 15.3. The fourth-order valence-corrected chi connectivity index (χ4v) is 5.46. The van der Waals surface area contributed by atoms with Gasteiger partial charge in [0.25, 0.3) is 11.8 Å². The number of imide groups is 1. The Labute approximate surface area is 219 Å². The topological polar surface area (TPSA) is 60.9 Å². The van der Waals surface area contributed by atoms with Gasteiger partial charge < -0.3 is 9.80 Å². The van der Waals surface area contributed by atoms with E-state index in [9.17, 15) is 18.8 Å². The first-order valence-electron chi connectivity index (χ1n) is 12.7. The fourth-order valence-electron chi connectivity index (χ4n) is 5.46. The molecule has 0 saturated carbocycles. The molecule has 1 fully saturated rings. The molecule has 6 nitrogen and oxygen atoms in total. The smallest absolute Gasteiger partial charge is 0.263 e. The second-order valence-corrected chi connectivity index (χ2v) is 9.71.